The van der Waals surface area contributed by atoms with Gasteiger partial charge in [-0.3, -0.25) is 0 Å². The van der Waals surface area contributed by atoms with Crippen LogP contribution in [0.15, 0.2) is 47.0 Å². The van der Waals surface area contributed by atoms with Crippen LogP contribution in [0, 0.1) is 0 Å². The monoisotopic (exact) mass is 413 g/mol. The fourth-order valence-electron chi connectivity index (χ4n) is 3.10. The van der Waals surface area contributed by atoms with Gasteiger partial charge in [-0.1, -0.05) is 17.3 Å². The average molecular weight is 413 g/mol. The first-order chi connectivity index (χ1) is 14.6. The highest BCUT2D eigenvalue weighted by Gasteiger charge is 2.16. The second-order valence-electron chi connectivity index (χ2n) is 6.70. The second-order valence-corrected chi connectivity index (χ2v) is 6.70. The van der Waals surface area contributed by atoms with Crippen LogP contribution in [0.3, 0.4) is 0 Å². The Morgan fingerprint density at radius 3 is 2.37 bits per heavy atom. The molecule has 0 aliphatic rings. The van der Waals surface area contributed by atoms with Crippen LogP contribution in [0.5, 0.6) is 5.75 Å². The van der Waals surface area contributed by atoms with Crippen molar-refractivity contribution in [1.29, 1.82) is 0 Å². The molecule has 0 spiro atoms. The van der Waals surface area contributed by atoms with Crippen LogP contribution in [0.25, 0.3) is 22.8 Å². The Bertz CT molecular complexity index is 936. The Kier molecular flexibility index (Phi) is 7.40. The summed E-state index contributed by atoms with van der Waals surface area (Å²) in [6.07, 6.45) is -0.974. The Labute approximate surface area is 175 Å². The highest BCUT2D eigenvalue weighted by atomic mass is 16.5. The lowest BCUT2D eigenvalue weighted by molar-refractivity contribution is -0.0424. The summed E-state index contributed by atoms with van der Waals surface area (Å²) >= 11 is 0. The Morgan fingerprint density at radius 1 is 1.03 bits per heavy atom. The van der Waals surface area contributed by atoms with Crippen molar-refractivity contribution in [3.63, 3.8) is 0 Å². The lowest BCUT2D eigenvalue weighted by Crippen LogP contribution is -2.22. The van der Waals surface area contributed by atoms with Gasteiger partial charge >= 0.3 is 0 Å². The van der Waals surface area contributed by atoms with Gasteiger partial charge in [0.2, 0.25) is 5.82 Å². The maximum atomic E-state index is 9.21. The molecule has 0 amide bonds. The Balaban J connectivity index is 1.88. The van der Waals surface area contributed by atoms with Crippen molar-refractivity contribution in [1.82, 2.24) is 10.1 Å². The van der Waals surface area contributed by atoms with E-state index in [9.17, 15) is 10.2 Å². The lowest BCUT2D eigenvalue weighted by atomic mass is 10.1. The molecule has 30 heavy (non-hydrogen) atoms. The van der Waals surface area contributed by atoms with Crippen LogP contribution >= 0.6 is 0 Å². The van der Waals surface area contributed by atoms with E-state index in [2.05, 4.69) is 28.9 Å². The molecule has 8 nitrogen and oxygen atoms in total. The third-order valence-electron chi connectivity index (χ3n) is 4.76. The van der Waals surface area contributed by atoms with E-state index in [1.807, 2.05) is 18.2 Å². The van der Waals surface area contributed by atoms with E-state index in [1.165, 1.54) is 0 Å². The Hall–Kier alpha value is -2.94. The summed E-state index contributed by atoms with van der Waals surface area (Å²) in [7, 11) is 0. The maximum absolute atomic E-state index is 9.21. The predicted molar refractivity (Wildman–Crippen MR) is 113 cm³/mol. The number of aromatic nitrogens is 2. The summed E-state index contributed by atoms with van der Waals surface area (Å²) in [6, 6.07) is 12.4. The molecule has 2 aromatic carbocycles. The van der Waals surface area contributed by atoms with E-state index in [1.54, 1.807) is 24.3 Å². The SMILES string of the molecule is CCN(CC)c1ccc(-c2noc(-c3ccc(C(O)O)cc3)n2)cc1OCCCO. The minimum Gasteiger partial charge on any atom is -0.491 e. The van der Waals surface area contributed by atoms with E-state index in [-0.39, 0.29) is 6.61 Å². The van der Waals surface area contributed by atoms with Crippen molar-refractivity contribution >= 4 is 5.69 Å². The Morgan fingerprint density at radius 2 is 1.73 bits per heavy atom. The molecule has 0 saturated carbocycles. The topological polar surface area (TPSA) is 112 Å². The number of hydrogen-bond donors (Lipinski definition) is 3. The lowest BCUT2D eigenvalue weighted by Gasteiger charge is -2.24. The molecule has 0 radical (unpaired) electrons. The van der Waals surface area contributed by atoms with E-state index in [0.717, 1.165) is 24.3 Å². The van der Waals surface area contributed by atoms with Gasteiger partial charge in [-0.2, -0.15) is 4.98 Å². The summed E-state index contributed by atoms with van der Waals surface area (Å²) in [6.45, 7) is 6.34. The van der Waals surface area contributed by atoms with Crippen molar-refractivity contribution in [2.75, 3.05) is 31.2 Å². The first-order valence-corrected chi connectivity index (χ1v) is 10.0. The largest absolute Gasteiger partial charge is 0.491 e. The van der Waals surface area contributed by atoms with Crippen LogP contribution in [0.4, 0.5) is 5.69 Å². The maximum Gasteiger partial charge on any atom is 0.258 e. The third kappa shape index (κ3) is 4.96. The van der Waals surface area contributed by atoms with Crippen molar-refractivity contribution < 1.29 is 24.6 Å². The molecule has 3 N–H and O–H groups in total. The quantitative estimate of drug-likeness (QED) is 0.344. The molecular formula is C22H27N3O5. The molecule has 0 saturated heterocycles. The summed E-state index contributed by atoms with van der Waals surface area (Å²) in [5, 5.41) is 31.6. The first-order valence-electron chi connectivity index (χ1n) is 10.0. The minimum absolute atomic E-state index is 0.0700. The predicted octanol–water partition coefficient (Wildman–Crippen LogP) is 2.99. The van der Waals surface area contributed by atoms with E-state index in [0.29, 0.717) is 41.6 Å². The van der Waals surface area contributed by atoms with Gasteiger partial charge in [0.1, 0.15) is 5.75 Å². The average Bonchev–Trinajstić information content (AvgIpc) is 3.26. The number of benzene rings is 2. The number of aliphatic hydroxyl groups excluding tert-OH is 2. The van der Waals surface area contributed by atoms with Gasteiger partial charge in [0.25, 0.3) is 5.89 Å². The highest BCUT2D eigenvalue weighted by molar-refractivity contribution is 5.69. The smallest absolute Gasteiger partial charge is 0.258 e. The van der Waals surface area contributed by atoms with E-state index >= 15 is 0 Å². The van der Waals surface area contributed by atoms with Crippen LogP contribution < -0.4 is 9.64 Å². The molecule has 0 unspecified atom stereocenters. The van der Waals surface area contributed by atoms with Gasteiger partial charge in [-0.25, -0.2) is 0 Å². The number of ether oxygens (including phenoxy) is 1. The van der Waals surface area contributed by atoms with Crippen LogP contribution in [-0.2, 0) is 0 Å². The van der Waals surface area contributed by atoms with E-state index in [4.69, 9.17) is 14.4 Å². The van der Waals surface area contributed by atoms with Crippen LogP contribution in [0.2, 0.25) is 0 Å². The van der Waals surface area contributed by atoms with Crippen molar-refractivity contribution in [2.45, 2.75) is 26.6 Å². The zero-order valence-electron chi connectivity index (χ0n) is 17.2. The fourth-order valence-corrected chi connectivity index (χ4v) is 3.10. The molecule has 1 aromatic heterocycles. The number of rotatable bonds is 10. The fraction of sp³-hybridized carbons (Fsp3) is 0.364. The minimum atomic E-state index is -1.52. The number of nitrogens with zero attached hydrogens (tertiary/aromatic N) is 3. The molecule has 0 atom stereocenters. The summed E-state index contributed by atoms with van der Waals surface area (Å²) in [5.74, 6) is 1.46. The van der Waals surface area contributed by atoms with Crippen molar-refractivity contribution in [3.05, 3.63) is 48.0 Å². The second kappa shape index (κ2) is 10.2. The summed E-state index contributed by atoms with van der Waals surface area (Å²) in [5.41, 5.74) is 2.79. The third-order valence-corrected chi connectivity index (χ3v) is 4.76. The summed E-state index contributed by atoms with van der Waals surface area (Å²) < 4.78 is 11.3. The molecule has 0 bridgehead atoms. The van der Waals surface area contributed by atoms with Gasteiger partial charge < -0.3 is 29.5 Å². The molecule has 1 heterocycles. The normalized spacial score (nSPS) is 11.1. The van der Waals surface area contributed by atoms with Crippen LogP contribution in [0.1, 0.15) is 32.1 Å². The van der Waals surface area contributed by atoms with E-state index < -0.39 is 6.29 Å². The van der Waals surface area contributed by atoms with Gasteiger partial charge in [-0.05, 0) is 44.2 Å². The van der Waals surface area contributed by atoms with Crippen molar-refractivity contribution in [2.24, 2.45) is 0 Å². The zero-order valence-corrected chi connectivity index (χ0v) is 17.2. The number of aliphatic hydroxyl groups is 3. The molecule has 0 aliphatic carbocycles. The van der Waals surface area contributed by atoms with Gasteiger partial charge in [0, 0.05) is 42.8 Å². The molecule has 0 fully saturated rings. The molecule has 8 heteroatoms. The zero-order chi connectivity index (χ0) is 21.5. The summed E-state index contributed by atoms with van der Waals surface area (Å²) in [4.78, 5) is 6.66. The first kappa shape index (κ1) is 21.8. The molecule has 160 valence electrons. The molecule has 0 aliphatic heterocycles. The standard InChI is InChI=1S/C22H27N3O5/c1-3-25(4-2)18-11-10-17(14-19(18)29-13-5-12-26)20-23-21(30-24-20)15-6-8-16(9-7-15)22(27)28/h6-11,14,22,26-28H,3-5,12-13H2,1-2H3. The van der Waals surface area contributed by atoms with Crippen molar-refractivity contribution in [3.8, 4) is 28.6 Å². The van der Waals surface area contributed by atoms with Gasteiger partial charge in [-0.15, -0.1) is 0 Å². The van der Waals surface area contributed by atoms with Gasteiger partial charge in [0.15, 0.2) is 6.29 Å². The van der Waals surface area contributed by atoms with Crippen LogP contribution in [-0.4, -0.2) is 51.8 Å². The highest BCUT2D eigenvalue weighted by Crippen LogP contribution is 2.33. The number of hydrogen-bond acceptors (Lipinski definition) is 8. The molecule has 3 aromatic rings. The molecule has 3 rings (SSSR count). The number of anilines is 1. The van der Waals surface area contributed by atoms with Gasteiger partial charge in [0.05, 0.1) is 12.3 Å². The molecular weight excluding hydrogens is 386 g/mol.